The minimum absolute atomic E-state index is 0.161. The van der Waals surface area contributed by atoms with E-state index in [0.29, 0.717) is 8.95 Å². The van der Waals surface area contributed by atoms with Crippen LogP contribution in [0.5, 0.6) is 5.75 Å². The number of carbonyl (C=O) groups is 2. The summed E-state index contributed by atoms with van der Waals surface area (Å²) in [6.07, 6.45) is 0. The third kappa shape index (κ3) is 3.56. The number of benzene rings is 2. The molecule has 0 radical (unpaired) electrons. The van der Waals surface area contributed by atoms with Crippen LogP contribution in [-0.4, -0.2) is 17.0 Å². The lowest BCUT2D eigenvalue weighted by molar-refractivity contribution is 0.0662. The quantitative estimate of drug-likeness (QED) is 0.478. The molecule has 1 N–H and O–H groups in total. The van der Waals surface area contributed by atoms with Crippen LogP contribution in [0.15, 0.2) is 43.7 Å². The molecule has 0 aliphatic carbocycles. The minimum atomic E-state index is -1.54. The first-order chi connectivity index (χ1) is 10.3. The van der Waals surface area contributed by atoms with Gasteiger partial charge < -0.3 is 9.84 Å². The van der Waals surface area contributed by atoms with Crippen molar-refractivity contribution in [3.05, 3.63) is 60.7 Å². The molecule has 0 unspecified atom stereocenters. The molecule has 2 aromatic rings. The first-order valence-electron chi connectivity index (χ1n) is 5.69. The van der Waals surface area contributed by atoms with E-state index in [0.717, 1.165) is 10.5 Å². The molecule has 4 nitrogen and oxygen atoms in total. The Labute approximate surface area is 149 Å². The van der Waals surface area contributed by atoms with Crippen molar-refractivity contribution in [1.82, 2.24) is 0 Å². The molecule has 22 heavy (non-hydrogen) atoms. The zero-order chi connectivity index (χ0) is 16.4. The van der Waals surface area contributed by atoms with Crippen LogP contribution in [0.2, 0.25) is 0 Å². The van der Waals surface area contributed by atoms with E-state index < -0.39 is 23.3 Å². The van der Waals surface area contributed by atoms with Crippen LogP contribution in [0.1, 0.15) is 20.7 Å². The van der Waals surface area contributed by atoms with Crippen LogP contribution in [0.4, 0.5) is 4.39 Å². The Morgan fingerprint density at radius 1 is 1.09 bits per heavy atom. The number of ether oxygens (including phenoxy) is 1. The molecule has 2 aromatic carbocycles. The summed E-state index contributed by atoms with van der Waals surface area (Å²) in [5, 5.41) is 9.03. The minimum Gasteiger partial charge on any atom is -0.478 e. The van der Waals surface area contributed by atoms with Gasteiger partial charge in [-0.3, -0.25) is 0 Å². The molecule has 0 aromatic heterocycles. The Balaban J connectivity index is 2.43. The highest BCUT2D eigenvalue weighted by Gasteiger charge is 2.23. The van der Waals surface area contributed by atoms with Crippen LogP contribution >= 0.6 is 47.8 Å². The molecule has 0 heterocycles. The molecule has 0 amide bonds. The molecular weight excluding hydrogens is 491 g/mol. The number of hydrogen-bond donors (Lipinski definition) is 1. The lowest BCUT2D eigenvalue weighted by Crippen LogP contribution is -2.16. The number of carbonyl (C=O) groups excluding carboxylic acids is 1. The van der Waals surface area contributed by atoms with Crippen molar-refractivity contribution >= 4 is 59.7 Å². The van der Waals surface area contributed by atoms with Gasteiger partial charge in [-0.1, -0.05) is 22.0 Å². The van der Waals surface area contributed by atoms with E-state index in [1.165, 1.54) is 12.1 Å². The molecule has 0 fully saturated rings. The fourth-order valence-electron chi connectivity index (χ4n) is 1.69. The van der Waals surface area contributed by atoms with Gasteiger partial charge in [-0.15, -0.1) is 0 Å². The second-order valence-electron chi connectivity index (χ2n) is 4.06. The predicted octanol–water partition coefficient (Wildman–Crippen LogP) is 5.03. The zero-order valence-corrected chi connectivity index (χ0v) is 15.3. The van der Waals surface area contributed by atoms with Gasteiger partial charge >= 0.3 is 11.9 Å². The number of esters is 1. The van der Waals surface area contributed by atoms with Crippen LogP contribution in [0.25, 0.3) is 0 Å². The first-order valence-corrected chi connectivity index (χ1v) is 8.07. The van der Waals surface area contributed by atoms with Crippen molar-refractivity contribution < 1.29 is 23.8 Å². The standard InChI is InChI=1S/C14H6Br3FO4/c15-6-4-8(16)12(9(17)5-6)22-14(21)7-2-1-3-10(18)11(7)13(19)20/h1-5H,(H,19,20). The number of rotatable bonds is 3. The maximum atomic E-state index is 13.6. The molecule has 0 atom stereocenters. The number of halogens is 4. The molecule has 8 heteroatoms. The lowest BCUT2D eigenvalue weighted by Gasteiger charge is -2.11. The zero-order valence-electron chi connectivity index (χ0n) is 10.6. The Kier molecular flexibility index (Phi) is 5.36. The Morgan fingerprint density at radius 2 is 1.68 bits per heavy atom. The van der Waals surface area contributed by atoms with Crippen molar-refractivity contribution in [3.63, 3.8) is 0 Å². The highest BCUT2D eigenvalue weighted by Crippen LogP contribution is 2.37. The fourth-order valence-corrected chi connectivity index (χ4v) is 4.11. The molecule has 0 aliphatic rings. The van der Waals surface area contributed by atoms with E-state index in [1.54, 1.807) is 12.1 Å². The number of hydrogen-bond acceptors (Lipinski definition) is 3. The summed E-state index contributed by atoms with van der Waals surface area (Å²) in [5.74, 6) is -3.36. The Morgan fingerprint density at radius 3 is 2.23 bits per heavy atom. The Bertz CT molecular complexity index is 754. The van der Waals surface area contributed by atoms with Gasteiger partial charge in [-0.2, -0.15) is 0 Å². The van der Waals surface area contributed by atoms with Crippen molar-refractivity contribution in [2.75, 3.05) is 0 Å². The third-order valence-corrected chi connectivity index (χ3v) is 4.24. The van der Waals surface area contributed by atoms with E-state index in [-0.39, 0.29) is 11.3 Å². The van der Waals surface area contributed by atoms with Gasteiger partial charge in [0.1, 0.15) is 11.4 Å². The summed E-state index contributed by atoms with van der Waals surface area (Å²) in [4.78, 5) is 23.3. The van der Waals surface area contributed by atoms with E-state index in [2.05, 4.69) is 47.8 Å². The average Bonchev–Trinajstić information content (AvgIpc) is 2.41. The fraction of sp³-hybridized carbons (Fsp3) is 0. The van der Waals surface area contributed by atoms with E-state index in [4.69, 9.17) is 9.84 Å². The highest BCUT2D eigenvalue weighted by atomic mass is 79.9. The summed E-state index contributed by atoms with van der Waals surface area (Å²) in [5.41, 5.74) is -1.09. The monoisotopic (exact) mass is 494 g/mol. The molecule has 0 bridgehead atoms. The summed E-state index contributed by atoms with van der Waals surface area (Å²) < 4.78 is 20.5. The SMILES string of the molecule is O=C(Oc1c(Br)cc(Br)cc1Br)c1cccc(F)c1C(=O)O. The molecular formula is C14H6Br3FO4. The van der Waals surface area contributed by atoms with Crippen molar-refractivity contribution in [2.45, 2.75) is 0 Å². The second-order valence-corrected chi connectivity index (χ2v) is 6.68. The number of aromatic carboxylic acids is 1. The highest BCUT2D eigenvalue weighted by molar-refractivity contribution is 9.11. The molecule has 0 spiro atoms. The van der Waals surface area contributed by atoms with Crippen LogP contribution < -0.4 is 4.74 Å². The van der Waals surface area contributed by atoms with Crippen LogP contribution in [0, 0.1) is 5.82 Å². The average molecular weight is 497 g/mol. The molecule has 2 rings (SSSR count). The molecule has 0 saturated heterocycles. The second kappa shape index (κ2) is 6.89. The van der Waals surface area contributed by atoms with Gasteiger partial charge in [-0.05, 0) is 56.1 Å². The molecule has 114 valence electrons. The van der Waals surface area contributed by atoms with E-state index in [1.807, 2.05) is 0 Å². The summed E-state index contributed by atoms with van der Waals surface area (Å²) in [6.45, 7) is 0. The van der Waals surface area contributed by atoms with Crippen molar-refractivity contribution in [3.8, 4) is 5.75 Å². The third-order valence-electron chi connectivity index (χ3n) is 2.61. The normalized spacial score (nSPS) is 10.4. The predicted molar refractivity (Wildman–Crippen MR) is 87.9 cm³/mol. The van der Waals surface area contributed by atoms with Gasteiger partial charge in [-0.25, -0.2) is 14.0 Å². The number of carboxylic acid groups (broad SMARTS) is 1. The molecule has 0 aliphatic heterocycles. The van der Waals surface area contributed by atoms with Gasteiger partial charge in [0, 0.05) is 4.47 Å². The smallest absolute Gasteiger partial charge is 0.344 e. The van der Waals surface area contributed by atoms with E-state index in [9.17, 15) is 14.0 Å². The maximum Gasteiger partial charge on any atom is 0.344 e. The summed E-state index contributed by atoms with van der Waals surface area (Å²) in [7, 11) is 0. The van der Waals surface area contributed by atoms with Gasteiger partial charge in [0.15, 0.2) is 5.75 Å². The van der Waals surface area contributed by atoms with Gasteiger partial charge in [0.2, 0.25) is 0 Å². The Hall–Kier alpha value is -1.25. The maximum absolute atomic E-state index is 13.6. The molecule has 0 saturated carbocycles. The number of carboxylic acids is 1. The van der Waals surface area contributed by atoms with Gasteiger partial charge in [0.25, 0.3) is 0 Å². The lowest BCUT2D eigenvalue weighted by atomic mass is 10.1. The summed E-state index contributed by atoms with van der Waals surface area (Å²) >= 11 is 9.74. The van der Waals surface area contributed by atoms with Crippen molar-refractivity contribution in [1.29, 1.82) is 0 Å². The topological polar surface area (TPSA) is 63.6 Å². The van der Waals surface area contributed by atoms with Crippen LogP contribution in [0.3, 0.4) is 0 Å². The summed E-state index contributed by atoms with van der Waals surface area (Å²) in [6, 6.07) is 6.69. The van der Waals surface area contributed by atoms with Crippen LogP contribution in [-0.2, 0) is 0 Å². The van der Waals surface area contributed by atoms with E-state index >= 15 is 0 Å². The first kappa shape index (κ1) is 17.1. The van der Waals surface area contributed by atoms with Crippen molar-refractivity contribution in [2.24, 2.45) is 0 Å². The largest absolute Gasteiger partial charge is 0.478 e. The van der Waals surface area contributed by atoms with Gasteiger partial charge in [0.05, 0.1) is 14.5 Å².